The number of aryl methyl sites for hydroxylation is 3. The number of fused-ring (bicyclic) bond motifs is 4. The van der Waals surface area contributed by atoms with E-state index in [9.17, 15) is 61.7 Å². The number of thiazole rings is 2. The Hall–Kier alpha value is -10.3. The van der Waals surface area contributed by atoms with Crippen LogP contribution in [-0.2, 0) is 57.1 Å². The number of para-hydroxylation sites is 2. The van der Waals surface area contributed by atoms with Crippen molar-refractivity contribution in [1.29, 1.82) is 0 Å². The first-order valence-corrected chi connectivity index (χ1v) is 41.5. The third-order valence-corrected chi connectivity index (χ3v) is 27.5. The summed E-state index contributed by atoms with van der Waals surface area (Å²) in [4.78, 5) is 141. The van der Waals surface area contributed by atoms with Gasteiger partial charge < -0.3 is 45.3 Å². The Morgan fingerprint density at radius 3 is 1.80 bits per heavy atom. The van der Waals surface area contributed by atoms with Crippen molar-refractivity contribution in [2.75, 3.05) is 97.8 Å². The van der Waals surface area contributed by atoms with Crippen molar-refractivity contribution in [2.45, 2.75) is 153 Å². The number of likely N-dealkylation sites (tertiary alicyclic amines) is 1. The highest BCUT2D eigenvalue weighted by Crippen LogP contribution is 2.47. The number of aliphatic hydroxyl groups is 2. The summed E-state index contributed by atoms with van der Waals surface area (Å²) in [6, 6.07) is 19.1. The van der Waals surface area contributed by atoms with Crippen LogP contribution >= 0.6 is 22.7 Å². The van der Waals surface area contributed by atoms with Gasteiger partial charge >= 0.3 is 17.6 Å². The van der Waals surface area contributed by atoms with Crippen LogP contribution in [0.25, 0.3) is 42.5 Å². The summed E-state index contributed by atoms with van der Waals surface area (Å²) in [5.41, 5.74) is 1.06. The van der Waals surface area contributed by atoms with Crippen molar-refractivity contribution < 1.29 is 52.2 Å². The van der Waals surface area contributed by atoms with Gasteiger partial charge in [0.25, 0.3) is 11.8 Å². The highest BCUT2D eigenvalue weighted by Gasteiger charge is 2.47. The first-order chi connectivity index (χ1) is 55.3. The quantitative estimate of drug-likeness (QED) is 0.0410. The number of amides is 6. The number of imidazole rings is 2. The number of nitrogens with one attached hydrogen (secondary N) is 4. The second kappa shape index (κ2) is 30.0. The Labute approximate surface area is 673 Å². The Bertz CT molecular complexity index is 5760. The number of rotatable bonds is 19. The van der Waals surface area contributed by atoms with Crippen molar-refractivity contribution in [3.63, 3.8) is 0 Å². The summed E-state index contributed by atoms with van der Waals surface area (Å²) in [5.74, 6) is -2.32. The van der Waals surface area contributed by atoms with Crippen LogP contribution in [0.5, 0.6) is 0 Å². The van der Waals surface area contributed by atoms with E-state index >= 15 is 0 Å². The highest BCUT2D eigenvalue weighted by atomic mass is 32.1. The number of hydrogen-bond donors (Lipinski definition) is 6. The first-order valence-electron chi connectivity index (χ1n) is 39.9. The molecule has 6 N–H and O–H groups in total. The predicted molar refractivity (Wildman–Crippen MR) is 435 cm³/mol. The van der Waals surface area contributed by atoms with Gasteiger partial charge in [0.2, 0.25) is 23.6 Å². The first kappa shape index (κ1) is 78.2. The van der Waals surface area contributed by atoms with Crippen LogP contribution in [0.4, 0.5) is 41.1 Å². The summed E-state index contributed by atoms with van der Waals surface area (Å²) in [6.07, 6.45) is 5.75. The number of hydrogen-bond acceptors (Lipinski definition) is 22. The SMILES string of the molecule is Cc1cncc(C(=O)Nc2cc3sc([C@H]4CC[C@H](CN(C)C5CCN(c6cccc7c6n(C)c(=O)n7C6CCC(=O)NC6=O)CC5)CC4)nc3cc2C(C)(O)Cc2ccc(C(F)(F)F)nc2C(=O)Nc2cc3sc(N4CC(CN5CC6(CCN(c7cccc8c7n(C)c(=O)n8C7CCC(=O)NC7=O)CC6)C5)C4)nc3cc2C(C)(C)O)n1. The molecular formula is C83H93F3N18O10S2. The van der Waals surface area contributed by atoms with Gasteiger partial charge in [-0.15, -0.1) is 11.3 Å². The number of imide groups is 2. The van der Waals surface area contributed by atoms with Crippen molar-refractivity contribution in [3.05, 3.63) is 151 Å². The fourth-order valence-electron chi connectivity index (χ4n) is 19.1. The molecule has 6 aliphatic heterocycles. The lowest BCUT2D eigenvalue weighted by Crippen LogP contribution is -2.63. The number of benzene rings is 4. The molecule has 3 unspecified atom stereocenters. The average molecular weight is 1620 g/mol. The summed E-state index contributed by atoms with van der Waals surface area (Å²) in [6.45, 7) is 14.7. The Morgan fingerprint density at radius 1 is 0.647 bits per heavy atom. The third-order valence-electron chi connectivity index (χ3n) is 25.2. The minimum Gasteiger partial charge on any atom is -0.386 e. The number of nitrogens with zero attached hydrogens (tertiary/aromatic N) is 14. The van der Waals surface area contributed by atoms with Crippen LogP contribution in [0.2, 0.25) is 0 Å². The standard InChI is InChI=1S/C83H93F3N18O10S2/c1-45-37-87-38-57(88-45)72(107)89-54-35-64-55(91-76(115-64)48-16-14-46(15-17-48)39-96(5)50-24-28-100(29-25-50)58-10-8-12-60-70(58)97(6)78(111)103(60)62-19-22-67(105)94-73(62)108)33-52(54)81(4,114)36-49-18-21-66(83(84,85)86)93-69(49)75(110)90-53-34-65-56(32-51(53)80(2,3)113)92-77(116-65)102-41-47(42-102)40-99-43-82(44-99)26-30-101(31-27-82)59-11-9-13-61-71(59)98(7)79(112)104(61)63-20-23-68(106)95-74(63)109/h8-13,18,21,32-35,37-38,46-48,50,62-63,113-114H,14-17,19-20,22-31,36,39-44H2,1-7H3,(H,89,107)(H,90,110)(H,94,105,108)(H,95,106,109)/t46-,48-,62?,63?,81?. The van der Waals surface area contributed by atoms with E-state index in [1.807, 2.05) is 36.4 Å². The van der Waals surface area contributed by atoms with E-state index in [0.717, 1.165) is 166 Å². The van der Waals surface area contributed by atoms with E-state index in [0.29, 0.717) is 50.3 Å². The van der Waals surface area contributed by atoms with Crippen LogP contribution in [-0.4, -0.2) is 177 Å². The molecule has 1 saturated carbocycles. The average Bonchev–Trinajstić information content (AvgIpc) is 1.50. The molecule has 6 aromatic heterocycles. The van der Waals surface area contributed by atoms with Gasteiger partial charge in [0, 0.05) is 145 Å². The molecule has 6 saturated heterocycles. The second-order valence-electron chi connectivity index (χ2n) is 33.9. The molecule has 28 nitrogen and oxygen atoms in total. The molecule has 33 heteroatoms. The van der Waals surface area contributed by atoms with Gasteiger partial charge in [-0.25, -0.2) is 29.5 Å². The molecule has 116 heavy (non-hydrogen) atoms. The van der Waals surface area contributed by atoms with E-state index in [4.69, 9.17) is 9.97 Å². The predicted octanol–water partition coefficient (Wildman–Crippen LogP) is 9.78. The molecule has 0 radical (unpaired) electrons. The lowest BCUT2D eigenvalue weighted by Gasteiger charge is -2.56. The number of carbonyl (C=O) groups excluding carboxylic acids is 6. The molecule has 7 aliphatic rings. The van der Waals surface area contributed by atoms with Crippen LogP contribution in [0, 0.1) is 24.2 Å². The molecule has 3 atom stereocenters. The van der Waals surface area contributed by atoms with Gasteiger partial charge in [-0.2, -0.15) is 13.2 Å². The zero-order chi connectivity index (χ0) is 81.3. The molecule has 4 aromatic carbocycles. The maximum Gasteiger partial charge on any atom is 0.433 e. The highest BCUT2D eigenvalue weighted by molar-refractivity contribution is 7.22. The van der Waals surface area contributed by atoms with E-state index in [2.05, 4.69) is 67.8 Å². The van der Waals surface area contributed by atoms with Crippen LogP contribution in [0.1, 0.15) is 170 Å². The second-order valence-corrected chi connectivity index (χ2v) is 36.0. The van der Waals surface area contributed by atoms with Gasteiger partial charge in [-0.05, 0) is 170 Å². The lowest BCUT2D eigenvalue weighted by atomic mass is 9.71. The molecule has 608 valence electrons. The summed E-state index contributed by atoms with van der Waals surface area (Å²) >= 11 is 2.89. The molecule has 1 aliphatic carbocycles. The molecular weight excluding hydrogens is 1530 g/mol. The van der Waals surface area contributed by atoms with Crippen molar-refractivity contribution >= 4 is 128 Å². The van der Waals surface area contributed by atoms with Crippen molar-refractivity contribution in [2.24, 2.45) is 31.3 Å². The lowest BCUT2D eigenvalue weighted by molar-refractivity contribution is -0.141. The molecule has 10 aromatic rings. The number of piperidine rings is 4. The number of aromatic nitrogens is 9. The molecule has 12 heterocycles. The summed E-state index contributed by atoms with van der Waals surface area (Å²) < 4.78 is 52.0. The van der Waals surface area contributed by atoms with E-state index in [1.54, 1.807) is 54.4 Å². The summed E-state index contributed by atoms with van der Waals surface area (Å²) in [5, 5.41) is 36.8. The number of pyridine rings is 1. The maximum atomic E-state index is 14.9. The molecule has 6 amide bonds. The fourth-order valence-corrected chi connectivity index (χ4v) is 21.3. The topological polar surface area (TPSA) is 326 Å². The zero-order valence-corrected chi connectivity index (χ0v) is 67.3. The minimum atomic E-state index is -4.97. The Morgan fingerprint density at radius 2 is 1.22 bits per heavy atom. The smallest absolute Gasteiger partial charge is 0.386 e. The number of alkyl halides is 3. The van der Waals surface area contributed by atoms with E-state index in [-0.39, 0.29) is 94.0 Å². The van der Waals surface area contributed by atoms with Gasteiger partial charge in [0.1, 0.15) is 29.2 Å². The normalized spacial score (nSPS) is 21.3. The van der Waals surface area contributed by atoms with E-state index < -0.39 is 70.9 Å². The number of carbonyl (C=O) groups is 6. The summed E-state index contributed by atoms with van der Waals surface area (Å²) in [7, 11) is 5.66. The Balaban J connectivity index is 0.549. The van der Waals surface area contributed by atoms with Crippen LogP contribution in [0.15, 0.2) is 94.8 Å². The van der Waals surface area contributed by atoms with Crippen LogP contribution < -0.4 is 47.3 Å². The van der Waals surface area contributed by atoms with Crippen molar-refractivity contribution in [1.82, 2.24) is 63.6 Å². The molecule has 17 rings (SSSR count). The number of anilines is 5. The largest absolute Gasteiger partial charge is 0.433 e. The molecule has 1 spiro atoms. The monoisotopic (exact) mass is 1620 g/mol. The maximum absolute atomic E-state index is 14.9. The van der Waals surface area contributed by atoms with Gasteiger partial charge in [0.05, 0.1) is 82.0 Å². The van der Waals surface area contributed by atoms with Crippen LogP contribution in [0.3, 0.4) is 0 Å². The van der Waals surface area contributed by atoms with Gasteiger partial charge in [0.15, 0.2) is 5.13 Å². The molecule has 0 bridgehead atoms. The zero-order valence-electron chi connectivity index (χ0n) is 65.7. The third kappa shape index (κ3) is 14.8. The minimum absolute atomic E-state index is 0.00498. The van der Waals surface area contributed by atoms with Gasteiger partial charge in [-0.1, -0.05) is 29.5 Å². The van der Waals surface area contributed by atoms with Gasteiger partial charge in [-0.3, -0.25) is 62.7 Å². The van der Waals surface area contributed by atoms with Crippen molar-refractivity contribution in [3.8, 4) is 0 Å². The Kier molecular flexibility index (Phi) is 20.2. The van der Waals surface area contributed by atoms with E-state index in [1.165, 1.54) is 65.0 Å². The molecule has 7 fully saturated rings. The fraction of sp³-hybridized carbons (Fsp3) is 0.482. The number of halogens is 3.